The fraction of sp³-hybridized carbons (Fsp3) is 0.667. The lowest BCUT2D eigenvalue weighted by Crippen LogP contribution is -2.12. The maximum Gasteiger partial charge on any atom is 0.257 e. The van der Waals surface area contributed by atoms with Crippen LogP contribution < -0.4 is 0 Å². The molecule has 0 aromatic carbocycles. The van der Waals surface area contributed by atoms with Gasteiger partial charge in [-0.2, -0.15) is 0 Å². The van der Waals surface area contributed by atoms with E-state index in [-0.39, 0.29) is 0 Å². The largest absolute Gasteiger partial charge is 0.387 e. The Hall–Kier alpha value is -1.04. The number of hydrogen-bond acceptors (Lipinski definition) is 3. The summed E-state index contributed by atoms with van der Waals surface area (Å²) in [6, 6.07) is 0. The van der Waals surface area contributed by atoms with Crippen LogP contribution in [-0.4, -0.2) is 26.5 Å². The zero-order valence-electron chi connectivity index (χ0n) is 6.48. The predicted molar refractivity (Wildman–Crippen MR) is 36.7 cm³/mol. The minimum Gasteiger partial charge on any atom is -0.387 e. The van der Waals surface area contributed by atoms with Gasteiger partial charge in [-0.3, -0.25) is 0 Å². The van der Waals surface area contributed by atoms with Crippen LogP contribution in [0.3, 0.4) is 0 Å². The quantitative estimate of drug-likeness (QED) is 0.735. The lowest BCUT2D eigenvalue weighted by atomic mass is 10.3. The average Bonchev–Trinajstić information content (AvgIpc) is 2.33. The van der Waals surface area contributed by atoms with Crippen LogP contribution in [0.5, 0.6) is 0 Å². The molecule has 68 valence electrons. The molecule has 6 heteroatoms. The highest BCUT2D eigenvalue weighted by Gasteiger charge is 2.12. The number of alkyl halides is 2. The molecule has 1 heterocycles. The third-order valence-corrected chi connectivity index (χ3v) is 1.39. The van der Waals surface area contributed by atoms with Gasteiger partial charge in [0.15, 0.2) is 0 Å². The van der Waals surface area contributed by atoms with Gasteiger partial charge in [-0.25, -0.2) is 13.5 Å². The number of aliphatic hydroxyl groups is 1. The minimum atomic E-state index is -2.48. The number of aromatic nitrogens is 3. The van der Waals surface area contributed by atoms with E-state index in [1.165, 1.54) is 13.1 Å². The smallest absolute Gasteiger partial charge is 0.257 e. The molecule has 0 aliphatic carbocycles. The summed E-state index contributed by atoms with van der Waals surface area (Å²) in [5.74, 6) is 0. The van der Waals surface area contributed by atoms with E-state index in [0.29, 0.717) is 5.69 Å². The van der Waals surface area contributed by atoms with Crippen molar-refractivity contribution in [1.82, 2.24) is 15.0 Å². The van der Waals surface area contributed by atoms with Crippen molar-refractivity contribution in [2.24, 2.45) is 0 Å². The van der Waals surface area contributed by atoms with Gasteiger partial charge < -0.3 is 5.11 Å². The van der Waals surface area contributed by atoms with Crippen LogP contribution in [0.4, 0.5) is 8.78 Å². The molecular formula is C6H9F2N3O. The molecule has 0 radical (unpaired) electrons. The van der Waals surface area contributed by atoms with Crippen LogP contribution in [0.25, 0.3) is 0 Å². The van der Waals surface area contributed by atoms with Crippen molar-refractivity contribution >= 4 is 0 Å². The molecule has 0 aliphatic heterocycles. The van der Waals surface area contributed by atoms with E-state index in [1.807, 2.05) is 0 Å². The predicted octanol–water partition coefficient (Wildman–Crippen LogP) is 0.597. The third-order valence-electron chi connectivity index (χ3n) is 1.39. The Kier molecular flexibility index (Phi) is 2.69. The van der Waals surface area contributed by atoms with E-state index in [9.17, 15) is 8.78 Å². The second-order valence-electron chi connectivity index (χ2n) is 2.41. The normalized spacial score (nSPS) is 13.8. The summed E-state index contributed by atoms with van der Waals surface area (Å²) in [4.78, 5) is 0. The van der Waals surface area contributed by atoms with Crippen LogP contribution in [0.1, 0.15) is 18.7 Å². The first kappa shape index (κ1) is 9.05. The summed E-state index contributed by atoms with van der Waals surface area (Å²) in [5, 5.41) is 15.9. The fourth-order valence-electron chi connectivity index (χ4n) is 0.862. The Bertz CT molecular complexity index is 249. The lowest BCUT2D eigenvalue weighted by molar-refractivity contribution is 0.113. The first-order chi connectivity index (χ1) is 5.61. The molecule has 1 atom stereocenters. The summed E-state index contributed by atoms with van der Waals surface area (Å²) >= 11 is 0. The zero-order chi connectivity index (χ0) is 9.14. The van der Waals surface area contributed by atoms with Crippen molar-refractivity contribution in [1.29, 1.82) is 0 Å². The van der Waals surface area contributed by atoms with Crippen molar-refractivity contribution in [2.75, 3.05) is 0 Å². The Morgan fingerprint density at radius 2 is 2.33 bits per heavy atom. The molecule has 0 bridgehead atoms. The van der Waals surface area contributed by atoms with Crippen LogP contribution in [0.15, 0.2) is 6.20 Å². The third kappa shape index (κ3) is 1.97. The monoisotopic (exact) mass is 177 g/mol. The lowest BCUT2D eigenvalue weighted by Gasteiger charge is -2.06. The van der Waals surface area contributed by atoms with Crippen molar-refractivity contribution < 1.29 is 13.9 Å². The van der Waals surface area contributed by atoms with Gasteiger partial charge in [0.25, 0.3) is 6.43 Å². The molecule has 4 nitrogen and oxygen atoms in total. The van der Waals surface area contributed by atoms with Crippen LogP contribution in [0, 0.1) is 0 Å². The number of hydrogen-bond donors (Lipinski definition) is 1. The van der Waals surface area contributed by atoms with Gasteiger partial charge in [0.05, 0.1) is 18.0 Å². The standard InChI is InChI=1S/C6H9F2N3O/c1-4(12)5-2-9-10-11(5)3-6(7)8/h2,4,6,12H,3H2,1H3/t4-/m0/s1. The van der Waals surface area contributed by atoms with Gasteiger partial charge in [-0.05, 0) is 6.92 Å². The van der Waals surface area contributed by atoms with Crippen molar-refractivity contribution in [2.45, 2.75) is 26.0 Å². The Morgan fingerprint density at radius 1 is 1.67 bits per heavy atom. The van der Waals surface area contributed by atoms with Crippen molar-refractivity contribution in [3.05, 3.63) is 11.9 Å². The number of nitrogens with zero attached hydrogens (tertiary/aromatic N) is 3. The summed E-state index contributed by atoms with van der Waals surface area (Å²) in [6.45, 7) is 0.945. The molecule has 0 amide bonds. The van der Waals surface area contributed by atoms with E-state index in [1.54, 1.807) is 0 Å². The number of rotatable bonds is 3. The summed E-state index contributed by atoms with van der Waals surface area (Å²) in [6.07, 6.45) is -2.03. The maximum atomic E-state index is 11.9. The average molecular weight is 177 g/mol. The molecule has 1 rings (SSSR count). The van der Waals surface area contributed by atoms with Gasteiger partial charge in [-0.1, -0.05) is 5.21 Å². The van der Waals surface area contributed by atoms with Gasteiger partial charge in [0.2, 0.25) is 0 Å². The summed E-state index contributed by atoms with van der Waals surface area (Å²) in [5.41, 5.74) is 0.301. The molecule has 0 unspecified atom stereocenters. The molecule has 0 spiro atoms. The molecule has 1 aromatic rings. The SMILES string of the molecule is C[C@H](O)c1cnnn1CC(F)F. The van der Waals surface area contributed by atoms with E-state index in [4.69, 9.17) is 5.11 Å². The fourth-order valence-corrected chi connectivity index (χ4v) is 0.862. The molecule has 0 fully saturated rings. The molecule has 0 aliphatic rings. The maximum absolute atomic E-state index is 11.9. The first-order valence-electron chi connectivity index (χ1n) is 3.46. The summed E-state index contributed by atoms with van der Waals surface area (Å²) < 4.78 is 24.7. The highest BCUT2D eigenvalue weighted by Crippen LogP contribution is 2.10. The van der Waals surface area contributed by atoms with Crippen molar-refractivity contribution in [3.8, 4) is 0 Å². The highest BCUT2D eigenvalue weighted by atomic mass is 19.3. The van der Waals surface area contributed by atoms with Gasteiger partial charge in [0, 0.05) is 0 Å². The second-order valence-corrected chi connectivity index (χ2v) is 2.41. The Balaban J connectivity index is 2.77. The van der Waals surface area contributed by atoms with E-state index in [2.05, 4.69) is 10.3 Å². The van der Waals surface area contributed by atoms with Crippen LogP contribution in [0.2, 0.25) is 0 Å². The van der Waals surface area contributed by atoms with E-state index in [0.717, 1.165) is 4.68 Å². The van der Waals surface area contributed by atoms with Gasteiger partial charge >= 0.3 is 0 Å². The van der Waals surface area contributed by atoms with Crippen molar-refractivity contribution in [3.63, 3.8) is 0 Å². The van der Waals surface area contributed by atoms with Gasteiger partial charge in [-0.15, -0.1) is 5.10 Å². The Labute approximate surface area is 67.8 Å². The topological polar surface area (TPSA) is 50.9 Å². The molecule has 0 saturated heterocycles. The number of aliphatic hydroxyl groups excluding tert-OH is 1. The second kappa shape index (κ2) is 3.57. The molecule has 0 saturated carbocycles. The minimum absolute atomic E-state index is 0.301. The highest BCUT2D eigenvalue weighted by molar-refractivity contribution is 4.97. The number of halogens is 2. The Morgan fingerprint density at radius 3 is 2.83 bits per heavy atom. The van der Waals surface area contributed by atoms with Crippen LogP contribution in [-0.2, 0) is 6.54 Å². The first-order valence-corrected chi connectivity index (χ1v) is 3.46. The van der Waals surface area contributed by atoms with Crippen LogP contribution >= 0.6 is 0 Å². The van der Waals surface area contributed by atoms with E-state index < -0.39 is 19.1 Å². The molecule has 1 N–H and O–H groups in total. The van der Waals surface area contributed by atoms with Gasteiger partial charge in [0.1, 0.15) is 6.54 Å². The molecule has 1 aromatic heterocycles. The van der Waals surface area contributed by atoms with E-state index >= 15 is 0 Å². The molecular weight excluding hydrogens is 168 g/mol. The molecule has 12 heavy (non-hydrogen) atoms. The summed E-state index contributed by atoms with van der Waals surface area (Å²) in [7, 11) is 0. The zero-order valence-corrected chi connectivity index (χ0v) is 6.48.